The largest absolute Gasteiger partial charge is 0.390 e. The molecule has 0 aliphatic rings. The number of nitrogens with zero attached hydrogens (tertiary/aromatic N) is 6. The molecule has 0 amide bonds. The van der Waals surface area contributed by atoms with Gasteiger partial charge in [-0.05, 0) is 45.0 Å². The second-order valence-electron chi connectivity index (χ2n) is 11.7. The van der Waals surface area contributed by atoms with Crippen molar-refractivity contribution in [3.63, 3.8) is 0 Å². The summed E-state index contributed by atoms with van der Waals surface area (Å²) in [6, 6.07) is 46.0. The van der Waals surface area contributed by atoms with Gasteiger partial charge in [0.1, 0.15) is 5.82 Å². The minimum atomic E-state index is -2.83. The Morgan fingerprint density at radius 2 is 1.29 bits per heavy atom. The Morgan fingerprint density at radius 3 is 1.84 bits per heavy atom. The Hall–Kier alpha value is -5.37. The first kappa shape index (κ1) is 27.6. The van der Waals surface area contributed by atoms with E-state index in [4.69, 9.17) is 27.4 Å². The van der Waals surface area contributed by atoms with Crippen molar-refractivity contribution in [3.8, 4) is 22.5 Å². The fraction of sp³-hybridized carbons (Fsp3) is 0.171. The summed E-state index contributed by atoms with van der Waals surface area (Å²) in [5.74, 6) is 0.418. The monoisotopic (exact) mass is 668 g/mol. The van der Waals surface area contributed by atoms with Gasteiger partial charge in [0, 0.05) is 21.2 Å². The minimum Gasteiger partial charge on any atom is -0.390 e. The van der Waals surface area contributed by atoms with Crippen molar-refractivity contribution in [1.29, 1.82) is 0 Å². The molecule has 0 radical (unpaired) electrons. The highest BCUT2D eigenvalue weighted by Crippen LogP contribution is 2.40. The Bertz CT molecular complexity index is 2210. The molecular weight excluding hydrogens is 628 g/mol. The maximum atomic E-state index is 10.4. The molecule has 0 atom stereocenters. The third-order valence-electron chi connectivity index (χ3n) is 8.63. The number of rotatable bonds is 12. The topological polar surface area (TPSA) is 81.7 Å². The summed E-state index contributed by atoms with van der Waals surface area (Å²) >= 11 is 6.30. The van der Waals surface area contributed by atoms with Gasteiger partial charge in [0.2, 0.25) is 5.82 Å². The number of aliphatic hydroxyl groups is 1. The van der Waals surface area contributed by atoms with Crippen molar-refractivity contribution in [3.05, 3.63) is 178 Å². The highest BCUT2D eigenvalue weighted by molar-refractivity contribution is 6.30. The van der Waals surface area contributed by atoms with Crippen LogP contribution < -0.4 is 0 Å². The van der Waals surface area contributed by atoms with E-state index in [2.05, 4.69) is 46.5 Å². The average Bonchev–Trinajstić information content (AvgIpc) is 3.79. The number of hydrogen-bond acceptors (Lipinski definition) is 5. The van der Waals surface area contributed by atoms with Gasteiger partial charge in [-0.1, -0.05) is 164 Å². The zero-order chi connectivity index (χ0) is 37.2. The van der Waals surface area contributed by atoms with Crippen LogP contribution in [0.3, 0.4) is 0 Å². The normalized spacial score (nSPS) is 13.4. The molecule has 244 valence electrons. The molecule has 0 aliphatic carbocycles. The molecule has 7 nitrogen and oxygen atoms in total. The number of tetrazole rings is 1. The lowest BCUT2D eigenvalue weighted by Gasteiger charge is -2.34. The number of aryl methyl sites for hydroxylation is 1. The molecule has 0 saturated heterocycles. The van der Waals surface area contributed by atoms with Crippen molar-refractivity contribution >= 4 is 11.6 Å². The van der Waals surface area contributed by atoms with Crippen molar-refractivity contribution < 1.29 is 10.6 Å². The van der Waals surface area contributed by atoms with Gasteiger partial charge in [0.15, 0.2) is 10.7 Å². The lowest BCUT2D eigenvalue weighted by atomic mass is 9.77. The van der Waals surface area contributed by atoms with E-state index in [0.29, 0.717) is 12.2 Å². The van der Waals surface area contributed by atoms with Crippen LogP contribution in [0, 0.1) is 0 Å². The highest BCUT2D eigenvalue weighted by atomic mass is 35.5. The van der Waals surface area contributed by atoms with Gasteiger partial charge in [0.25, 0.3) is 0 Å². The van der Waals surface area contributed by atoms with Crippen LogP contribution in [-0.2, 0) is 25.0 Å². The van der Waals surface area contributed by atoms with Crippen LogP contribution in [-0.4, -0.2) is 34.9 Å². The maximum Gasteiger partial charge on any atom is 0.205 e. The van der Waals surface area contributed by atoms with E-state index in [1.807, 2.05) is 110 Å². The van der Waals surface area contributed by atoms with E-state index in [0.717, 1.165) is 38.9 Å². The quantitative estimate of drug-likeness (QED) is 0.132. The van der Waals surface area contributed by atoms with E-state index >= 15 is 0 Å². The van der Waals surface area contributed by atoms with Crippen LogP contribution in [0.2, 0.25) is 5.15 Å². The number of halogens is 1. The summed E-state index contributed by atoms with van der Waals surface area (Å²) in [5, 5.41) is 24.6. The molecule has 0 unspecified atom stereocenters. The van der Waals surface area contributed by atoms with Crippen LogP contribution in [0.25, 0.3) is 22.5 Å². The lowest BCUT2D eigenvalue weighted by molar-refractivity contribution is 0.271. The Balaban J connectivity index is 1.29. The zero-order valence-electron chi connectivity index (χ0n) is 30.9. The summed E-state index contributed by atoms with van der Waals surface area (Å²) in [4.78, 5) is 5.88. The molecule has 0 spiro atoms. The molecular formula is C41H37ClN6O. The van der Waals surface area contributed by atoms with Crippen molar-refractivity contribution in [2.75, 3.05) is 0 Å². The van der Waals surface area contributed by atoms with E-state index in [9.17, 15) is 5.11 Å². The van der Waals surface area contributed by atoms with Crippen LogP contribution in [0.1, 0.15) is 59.0 Å². The summed E-state index contributed by atoms with van der Waals surface area (Å²) in [7, 11) is 0. The smallest absolute Gasteiger partial charge is 0.205 e. The molecule has 2 heterocycles. The van der Waals surface area contributed by atoms with Gasteiger partial charge in [-0.2, -0.15) is 0 Å². The van der Waals surface area contributed by atoms with Crippen LogP contribution >= 0.6 is 11.6 Å². The number of hydrogen-bond donors (Lipinski definition) is 1. The summed E-state index contributed by atoms with van der Waals surface area (Å²) in [6.45, 7) is -0.920. The van der Waals surface area contributed by atoms with Gasteiger partial charge in [-0.15, -0.1) is 15.0 Å². The summed E-state index contributed by atoms with van der Waals surface area (Å²) < 4.78 is 34.6. The van der Waals surface area contributed by atoms with E-state index in [-0.39, 0.29) is 29.6 Å². The number of aromatic nitrogens is 6. The summed E-state index contributed by atoms with van der Waals surface area (Å²) in [6.07, 6.45) is -1.18. The fourth-order valence-corrected chi connectivity index (χ4v) is 6.53. The minimum absolute atomic E-state index is 0.0292. The number of benzene rings is 5. The Labute approximate surface area is 297 Å². The van der Waals surface area contributed by atoms with E-state index < -0.39 is 18.5 Å². The maximum absolute atomic E-state index is 10.4. The predicted molar refractivity (Wildman–Crippen MR) is 194 cm³/mol. The van der Waals surface area contributed by atoms with E-state index in [1.165, 1.54) is 4.57 Å². The standard InChI is InChI=1S/C41H37ClN6O/c1-2-3-23-38-43-39(42)37(29-49)47(38)28-30-24-26-31(27-25-30)35-21-13-14-22-36(35)40-44-46-48(45-40)41(32-15-7-4-8-16-32,33-17-9-5-10-18-33)34-19-11-6-12-20-34/h4-22,24-27,49H,2-3,23,28-29H2,1H3/i23D2,29D2. The molecule has 0 saturated carbocycles. The molecule has 0 aliphatic heterocycles. The van der Waals surface area contributed by atoms with Gasteiger partial charge < -0.3 is 9.67 Å². The molecule has 1 N–H and O–H groups in total. The van der Waals surface area contributed by atoms with Crippen LogP contribution in [0.5, 0.6) is 0 Å². The van der Waals surface area contributed by atoms with Gasteiger partial charge >= 0.3 is 0 Å². The lowest BCUT2D eigenvalue weighted by Crippen LogP contribution is -2.39. The molecule has 7 aromatic rings. The molecule has 0 bridgehead atoms. The number of imidazole rings is 1. The zero-order valence-corrected chi connectivity index (χ0v) is 27.7. The van der Waals surface area contributed by atoms with Crippen LogP contribution in [0.4, 0.5) is 0 Å². The van der Waals surface area contributed by atoms with E-state index in [1.54, 1.807) is 4.80 Å². The van der Waals surface area contributed by atoms with Crippen molar-refractivity contribution in [2.45, 2.75) is 44.8 Å². The van der Waals surface area contributed by atoms with Crippen LogP contribution in [0.15, 0.2) is 140 Å². The third-order valence-corrected chi connectivity index (χ3v) is 8.89. The average molecular weight is 669 g/mol. The second kappa shape index (κ2) is 14.4. The molecule has 2 aromatic heterocycles. The SMILES string of the molecule is [2H]C([2H])(O)c1c(Cl)nc(C([2H])([2H])CCC)n1Cc1ccc(-c2ccccc2-c2nnn(C(c3ccccc3)(c3ccccc3)c3ccccc3)n2)cc1. The first-order valence-electron chi connectivity index (χ1n) is 18.2. The highest BCUT2D eigenvalue weighted by Gasteiger charge is 2.41. The first-order chi connectivity index (χ1) is 25.5. The Morgan fingerprint density at radius 1 is 0.735 bits per heavy atom. The Kier molecular flexibility index (Phi) is 8.10. The third kappa shape index (κ3) is 6.19. The molecule has 7 rings (SSSR count). The second-order valence-corrected chi connectivity index (χ2v) is 12.0. The molecule has 49 heavy (non-hydrogen) atoms. The first-order valence-corrected chi connectivity index (χ1v) is 16.6. The van der Waals surface area contributed by atoms with Gasteiger partial charge in [-0.3, -0.25) is 0 Å². The molecule has 5 aromatic carbocycles. The predicted octanol–water partition coefficient (Wildman–Crippen LogP) is 8.58. The van der Waals surface area contributed by atoms with Crippen molar-refractivity contribution in [2.24, 2.45) is 0 Å². The van der Waals surface area contributed by atoms with Crippen molar-refractivity contribution in [1.82, 2.24) is 29.8 Å². The summed E-state index contributed by atoms with van der Waals surface area (Å²) in [5.41, 5.74) is 5.01. The molecule has 0 fully saturated rings. The van der Waals surface area contributed by atoms with Gasteiger partial charge in [-0.25, -0.2) is 4.98 Å². The van der Waals surface area contributed by atoms with Gasteiger partial charge in [0.05, 0.1) is 15.0 Å². The molecule has 8 heteroatoms. The fourth-order valence-electron chi connectivity index (χ4n) is 6.31.